The number of halogens is 2. The van der Waals surface area contributed by atoms with Gasteiger partial charge in [-0.3, -0.25) is 14.6 Å². The number of hydrogen-bond acceptors (Lipinski definition) is 3. The van der Waals surface area contributed by atoms with Crippen LogP contribution in [0.25, 0.3) is 0 Å². The van der Waals surface area contributed by atoms with Crippen molar-refractivity contribution >= 4 is 29.1 Å². The fourth-order valence-electron chi connectivity index (χ4n) is 2.53. The molecule has 0 aliphatic rings. The zero-order valence-electron chi connectivity index (χ0n) is 14.8. The van der Waals surface area contributed by atoms with E-state index in [-0.39, 0.29) is 17.0 Å². The number of rotatable bonds is 6. The number of pyridine rings is 1. The predicted molar refractivity (Wildman–Crippen MR) is 106 cm³/mol. The molecule has 0 atom stereocenters. The maximum Gasteiger partial charge on any atom is 0.257 e. The minimum Gasteiger partial charge on any atom is -0.352 e. The first-order valence-corrected chi connectivity index (χ1v) is 8.94. The molecule has 3 rings (SSSR count). The predicted octanol–water partition coefficient (Wildman–Crippen LogP) is 4.10. The Morgan fingerprint density at radius 2 is 1.68 bits per heavy atom. The summed E-state index contributed by atoms with van der Waals surface area (Å²) in [6.45, 7) is 0.431. The van der Waals surface area contributed by atoms with Gasteiger partial charge in [0.25, 0.3) is 11.8 Å². The molecule has 5 nitrogen and oxygen atoms in total. The van der Waals surface area contributed by atoms with E-state index in [2.05, 4.69) is 15.6 Å². The molecule has 2 N–H and O–H groups in total. The van der Waals surface area contributed by atoms with Gasteiger partial charge in [-0.05, 0) is 48.4 Å². The molecule has 0 aliphatic heterocycles. The molecule has 3 aromatic rings. The van der Waals surface area contributed by atoms with Crippen LogP contribution >= 0.6 is 11.6 Å². The molecule has 0 fully saturated rings. The summed E-state index contributed by atoms with van der Waals surface area (Å²) in [5, 5.41) is 6.02. The molecule has 28 heavy (non-hydrogen) atoms. The van der Waals surface area contributed by atoms with Crippen LogP contribution in [0.4, 0.5) is 10.1 Å². The number of carbonyl (C=O) groups excluding carboxylic acids is 2. The molecule has 1 aromatic heterocycles. The van der Waals surface area contributed by atoms with Gasteiger partial charge in [0.05, 0.1) is 11.1 Å². The third-order valence-corrected chi connectivity index (χ3v) is 4.21. The van der Waals surface area contributed by atoms with Crippen LogP contribution in [0.1, 0.15) is 26.3 Å². The van der Waals surface area contributed by atoms with E-state index >= 15 is 0 Å². The fourth-order valence-corrected chi connectivity index (χ4v) is 2.66. The summed E-state index contributed by atoms with van der Waals surface area (Å²) in [7, 11) is 0. The van der Waals surface area contributed by atoms with Crippen LogP contribution in [0.5, 0.6) is 0 Å². The molecule has 0 saturated carbocycles. The van der Waals surface area contributed by atoms with Crippen molar-refractivity contribution in [2.75, 3.05) is 11.9 Å². The highest BCUT2D eigenvalue weighted by atomic mass is 35.5. The van der Waals surface area contributed by atoms with Crippen LogP contribution in [-0.2, 0) is 6.42 Å². The lowest BCUT2D eigenvalue weighted by Gasteiger charge is -2.08. The van der Waals surface area contributed by atoms with Gasteiger partial charge in [0.1, 0.15) is 5.82 Å². The van der Waals surface area contributed by atoms with Crippen molar-refractivity contribution in [3.63, 3.8) is 0 Å². The first kappa shape index (κ1) is 19.5. The van der Waals surface area contributed by atoms with E-state index < -0.39 is 11.7 Å². The molecule has 142 valence electrons. The topological polar surface area (TPSA) is 71.1 Å². The monoisotopic (exact) mass is 397 g/mol. The lowest BCUT2D eigenvalue weighted by molar-refractivity contribution is 0.0953. The average molecular weight is 398 g/mol. The van der Waals surface area contributed by atoms with Gasteiger partial charge in [-0.15, -0.1) is 0 Å². The fraction of sp³-hybridized carbons (Fsp3) is 0.0952. The van der Waals surface area contributed by atoms with Gasteiger partial charge in [-0.1, -0.05) is 29.8 Å². The number of nitrogens with zero attached hydrogens (tertiary/aromatic N) is 1. The zero-order chi connectivity index (χ0) is 19.9. The number of hydrogen-bond donors (Lipinski definition) is 2. The van der Waals surface area contributed by atoms with E-state index in [1.807, 2.05) is 12.1 Å². The summed E-state index contributed by atoms with van der Waals surface area (Å²) in [5.74, 6) is -1.26. The Balaban J connectivity index is 1.59. The summed E-state index contributed by atoms with van der Waals surface area (Å²) < 4.78 is 13.2. The molecule has 0 bridgehead atoms. The Bertz CT molecular complexity index is 993. The van der Waals surface area contributed by atoms with Gasteiger partial charge >= 0.3 is 0 Å². The maximum absolute atomic E-state index is 13.2. The van der Waals surface area contributed by atoms with Crippen LogP contribution in [0.2, 0.25) is 5.02 Å². The van der Waals surface area contributed by atoms with Crippen molar-refractivity contribution in [1.82, 2.24) is 10.3 Å². The van der Waals surface area contributed by atoms with Crippen LogP contribution < -0.4 is 10.6 Å². The van der Waals surface area contributed by atoms with E-state index in [0.29, 0.717) is 23.7 Å². The van der Waals surface area contributed by atoms with Crippen molar-refractivity contribution in [1.29, 1.82) is 0 Å². The zero-order valence-corrected chi connectivity index (χ0v) is 15.5. The van der Waals surface area contributed by atoms with Crippen LogP contribution in [-0.4, -0.2) is 23.3 Å². The molecular formula is C21H17ClFN3O2. The summed E-state index contributed by atoms with van der Waals surface area (Å²) in [6, 6.07) is 14.4. The number of carbonyl (C=O) groups is 2. The van der Waals surface area contributed by atoms with Crippen molar-refractivity contribution in [2.45, 2.75) is 6.42 Å². The Kier molecular flexibility index (Phi) is 6.34. The molecule has 0 spiro atoms. The Labute approximate surface area is 166 Å². The SMILES string of the molecule is O=C(NCCc1ccc(Cl)cc1)c1cncc(C(=O)Nc2cccc(F)c2)c1. The molecule has 2 amide bonds. The van der Waals surface area contributed by atoms with Crippen LogP contribution in [0, 0.1) is 5.82 Å². The van der Waals surface area contributed by atoms with Crippen molar-refractivity contribution in [3.8, 4) is 0 Å². The smallest absolute Gasteiger partial charge is 0.257 e. The van der Waals surface area contributed by atoms with E-state index in [9.17, 15) is 14.0 Å². The van der Waals surface area contributed by atoms with E-state index in [0.717, 1.165) is 5.56 Å². The van der Waals surface area contributed by atoms with Gasteiger partial charge in [0.2, 0.25) is 0 Å². The maximum atomic E-state index is 13.2. The van der Waals surface area contributed by atoms with Crippen molar-refractivity contribution in [3.05, 3.63) is 94.5 Å². The number of nitrogens with one attached hydrogen (secondary N) is 2. The Morgan fingerprint density at radius 1 is 0.964 bits per heavy atom. The highest BCUT2D eigenvalue weighted by molar-refractivity contribution is 6.30. The molecule has 2 aromatic carbocycles. The summed E-state index contributed by atoms with van der Waals surface area (Å²) in [6.07, 6.45) is 3.38. The second-order valence-corrected chi connectivity index (χ2v) is 6.50. The van der Waals surface area contributed by atoms with Gasteiger partial charge in [-0.2, -0.15) is 0 Å². The number of anilines is 1. The normalized spacial score (nSPS) is 10.4. The summed E-state index contributed by atoms with van der Waals surface area (Å²) in [4.78, 5) is 28.6. The lowest BCUT2D eigenvalue weighted by atomic mass is 10.1. The largest absolute Gasteiger partial charge is 0.352 e. The Hall–Kier alpha value is -3.25. The van der Waals surface area contributed by atoms with Crippen LogP contribution in [0.3, 0.4) is 0 Å². The standard InChI is InChI=1S/C21H17ClFN3O2/c22-17-6-4-14(5-7-17)8-9-25-20(27)15-10-16(13-24-12-15)21(28)26-19-3-1-2-18(23)11-19/h1-7,10-13H,8-9H2,(H,25,27)(H,26,28). The number of amides is 2. The second-order valence-electron chi connectivity index (χ2n) is 6.06. The molecular weight excluding hydrogens is 381 g/mol. The molecule has 7 heteroatoms. The van der Waals surface area contributed by atoms with E-state index in [1.165, 1.54) is 36.7 Å². The third kappa shape index (κ3) is 5.37. The van der Waals surface area contributed by atoms with Gasteiger partial charge in [-0.25, -0.2) is 4.39 Å². The van der Waals surface area contributed by atoms with Crippen LogP contribution in [0.15, 0.2) is 67.0 Å². The molecule has 0 aliphatic carbocycles. The minimum atomic E-state index is -0.478. The highest BCUT2D eigenvalue weighted by Crippen LogP contribution is 2.12. The summed E-state index contributed by atoms with van der Waals surface area (Å²) >= 11 is 5.85. The molecule has 0 unspecified atom stereocenters. The second kappa shape index (κ2) is 9.10. The number of aromatic nitrogens is 1. The molecule has 0 radical (unpaired) electrons. The van der Waals surface area contributed by atoms with E-state index in [1.54, 1.807) is 18.2 Å². The minimum absolute atomic E-state index is 0.203. The lowest BCUT2D eigenvalue weighted by Crippen LogP contribution is -2.26. The number of benzene rings is 2. The quantitative estimate of drug-likeness (QED) is 0.657. The third-order valence-electron chi connectivity index (χ3n) is 3.96. The van der Waals surface area contributed by atoms with Crippen molar-refractivity contribution < 1.29 is 14.0 Å². The average Bonchev–Trinajstić information content (AvgIpc) is 2.69. The summed E-state index contributed by atoms with van der Waals surface area (Å²) in [5.41, 5.74) is 1.84. The van der Waals surface area contributed by atoms with Crippen molar-refractivity contribution in [2.24, 2.45) is 0 Å². The van der Waals surface area contributed by atoms with Gasteiger partial charge in [0, 0.05) is 29.6 Å². The van der Waals surface area contributed by atoms with Gasteiger partial charge < -0.3 is 10.6 Å². The van der Waals surface area contributed by atoms with E-state index in [4.69, 9.17) is 11.6 Å². The first-order chi connectivity index (χ1) is 13.5. The molecule has 1 heterocycles. The Morgan fingerprint density at radius 3 is 2.39 bits per heavy atom. The highest BCUT2D eigenvalue weighted by Gasteiger charge is 2.12. The first-order valence-electron chi connectivity index (χ1n) is 8.56. The molecule has 0 saturated heterocycles. The van der Waals surface area contributed by atoms with Gasteiger partial charge in [0.15, 0.2) is 0 Å².